The highest BCUT2D eigenvalue weighted by Crippen LogP contribution is 2.24. The van der Waals surface area contributed by atoms with Crippen LogP contribution in [0.1, 0.15) is 50.7 Å². The lowest BCUT2D eigenvalue weighted by molar-refractivity contribution is 0.00257. The highest BCUT2D eigenvalue weighted by Gasteiger charge is 2.30. The summed E-state index contributed by atoms with van der Waals surface area (Å²) in [7, 11) is 4.06. The van der Waals surface area contributed by atoms with Crippen LogP contribution in [0.15, 0.2) is 24.3 Å². The van der Waals surface area contributed by atoms with E-state index in [1.165, 1.54) is 11.1 Å². The molecule has 0 radical (unpaired) electrons. The van der Waals surface area contributed by atoms with Crippen molar-refractivity contribution in [2.75, 3.05) is 33.7 Å². The van der Waals surface area contributed by atoms with Crippen LogP contribution in [0.4, 0.5) is 0 Å². The Balaban J connectivity index is 1.85. The summed E-state index contributed by atoms with van der Waals surface area (Å²) in [5.74, 6) is 0. The fourth-order valence-electron chi connectivity index (χ4n) is 3.66. The van der Waals surface area contributed by atoms with E-state index in [0.29, 0.717) is 0 Å². The van der Waals surface area contributed by atoms with E-state index in [9.17, 15) is 10.2 Å². The summed E-state index contributed by atoms with van der Waals surface area (Å²) in [4.78, 5) is 4.54. The number of aryl methyl sites for hydroxylation is 1. The van der Waals surface area contributed by atoms with Crippen LogP contribution in [0, 0.1) is 0 Å². The number of hydrogen-bond donors (Lipinski definition) is 2. The molecule has 0 spiro atoms. The molecule has 4 nitrogen and oxygen atoms in total. The molecule has 1 unspecified atom stereocenters. The molecule has 0 bridgehead atoms. The van der Waals surface area contributed by atoms with Gasteiger partial charge in [0.15, 0.2) is 0 Å². The van der Waals surface area contributed by atoms with Crippen molar-refractivity contribution in [1.82, 2.24) is 9.80 Å². The highest BCUT2D eigenvalue weighted by molar-refractivity contribution is 5.22. The van der Waals surface area contributed by atoms with Crippen LogP contribution in [0.25, 0.3) is 0 Å². The van der Waals surface area contributed by atoms with Crippen molar-refractivity contribution in [3.8, 4) is 0 Å². The van der Waals surface area contributed by atoms with Crippen LogP contribution >= 0.6 is 0 Å². The molecule has 2 rings (SSSR count). The average Bonchev–Trinajstić information content (AvgIpc) is 2.67. The third kappa shape index (κ3) is 7.45. The van der Waals surface area contributed by atoms with E-state index < -0.39 is 11.2 Å². The zero-order chi connectivity index (χ0) is 18.5. The molecular formula is C21H36N2O2. The monoisotopic (exact) mass is 348 g/mol. The zero-order valence-electron chi connectivity index (χ0n) is 16.5. The average molecular weight is 349 g/mol. The predicted octanol–water partition coefficient (Wildman–Crippen LogP) is 2.67. The molecule has 0 amide bonds. The maximum absolute atomic E-state index is 10.8. The molecule has 1 aliphatic rings. The lowest BCUT2D eigenvalue weighted by Gasteiger charge is -2.30. The van der Waals surface area contributed by atoms with E-state index in [2.05, 4.69) is 34.1 Å². The Morgan fingerprint density at radius 3 is 2.32 bits per heavy atom. The Morgan fingerprint density at radius 1 is 1.08 bits per heavy atom. The van der Waals surface area contributed by atoms with Crippen molar-refractivity contribution in [3.63, 3.8) is 0 Å². The van der Waals surface area contributed by atoms with Crippen molar-refractivity contribution < 1.29 is 10.2 Å². The van der Waals surface area contributed by atoms with Gasteiger partial charge >= 0.3 is 0 Å². The van der Waals surface area contributed by atoms with Crippen molar-refractivity contribution >= 4 is 0 Å². The molecule has 1 atom stereocenters. The normalized spacial score (nSPS) is 23.0. The molecule has 0 saturated carbocycles. The quantitative estimate of drug-likeness (QED) is 0.795. The Kier molecular flexibility index (Phi) is 7.03. The highest BCUT2D eigenvalue weighted by atomic mass is 16.3. The summed E-state index contributed by atoms with van der Waals surface area (Å²) in [5, 5.41) is 20.6. The zero-order valence-corrected chi connectivity index (χ0v) is 16.5. The van der Waals surface area contributed by atoms with E-state index in [4.69, 9.17) is 0 Å². The fourth-order valence-corrected chi connectivity index (χ4v) is 3.66. The molecule has 1 saturated heterocycles. The minimum Gasteiger partial charge on any atom is -0.390 e. The summed E-state index contributed by atoms with van der Waals surface area (Å²) in [5.41, 5.74) is 1.46. The summed E-state index contributed by atoms with van der Waals surface area (Å²) in [6.07, 6.45) is 4.47. The molecular weight excluding hydrogens is 312 g/mol. The van der Waals surface area contributed by atoms with Crippen LogP contribution in [0.2, 0.25) is 0 Å². The largest absolute Gasteiger partial charge is 0.390 e. The van der Waals surface area contributed by atoms with Gasteiger partial charge < -0.3 is 15.1 Å². The number of hydrogen-bond acceptors (Lipinski definition) is 4. The van der Waals surface area contributed by atoms with E-state index in [1.807, 2.05) is 27.9 Å². The molecule has 2 N–H and O–H groups in total. The Hall–Kier alpha value is -0.940. The van der Waals surface area contributed by atoms with E-state index in [0.717, 1.165) is 58.3 Å². The fraction of sp³-hybridized carbons (Fsp3) is 0.714. The lowest BCUT2D eigenvalue weighted by atomic mass is 9.94. The lowest BCUT2D eigenvalue weighted by Crippen LogP contribution is -2.40. The van der Waals surface area contributed by atoms with Crippen molar-refractivity contribution in [2.45, 2.75) is 63.7 Å². The van der Waals surface area contributed by atoms with Crippen LogP contribution in [0.3, 0.4) is 0 Å². The molecule has 1 aromatic rings. The van der Waals surface area contributed by atoms with Gasteiger partial charge in [-0.05, 0) is 77.7 Å². The van der Waals surface area contributed by atoms with Gasteiger partial charge in [0.2, 0.25) is 0 Å². The second-order valence-corrected chi connectivity index (χ2v) is 8.72. The third-order valence-electron chi connectivity index (χ3n) is 5.08. The van der Waals surface area contributed by atoms with E-state index in [1.54, 1.807) is 0 Å². The van der Waals surface area contributed by atoms with Gasteiger partial charge in [-0.3, -0.25) is 4.90 Å². The molecule has 0 aromatic heterocycles. The van der Waals surface area contributed by atoms with Crippen molar-refractivity contribution in [2.24, 2.45) is 0 Å². The summed E-state index contributed by atoms with van der Waals surface area (Å²) < 4.78 is 0. The molecule has 1 fully saturated rings. The van der Waals surface area contributed by atoms with Crippen LogP contribution < -0.4 is 0 Å². The summed E-state index contributed by atoms with van der Waals surface area (Å²) in [6, 6.07) is 8.77. The predicted molar refractivity (Wildman–Crippen MR) is 104 cm³/mol. The minimum absolute atomic E-state index is 0.542. The molecule has 1 aliphatic heterocycles. The third-order valence-corrected chi connectivity index (χ3v) is 5.08. The second-order valence-electron chi connectivity index (χ2n) is 8.72. The molecule has 1 heterocycles. The van der Waals surface area contributed by atoms with Crippen LogP contribution in [-0.2, 0) is 13.0 Å². The van der Waals surface area contributed by atoms with Gasteiger partial charge in [-0.25, -0.2) is 0 Å². The first kappa shape index (κ1) is 20.4. The van der Waals surface area contributed by atoms with Crippen molar-refractivity contribution in [3.05, 3.63) is 35.4 Å². The summed E-state index contributed by atoms with van der Waals surface area (Å²) >= 11 is 0. The van der Waals surface area contributed by atoms with Crippen molar-refractivity contribution in [1.29, 1.82) is 0 Å². The van der Waals surface area contributed by atoms with E-state index >= 15 is 0 Å². The Labute approximate surface area is 153 Å². The second kappa shape index (κ2) is 8.63. The molecule has 1 aromatic carbocycles. The Bertz CT molecular complexity index is 522. The van der Waals surface area contributed by atoms with Gasteiger partial charge in [0.05, 0.1) is 11.2 Å². The standard InChI is InChI=1S/C21H36N2O2/c1-20(2,24)12-10-18-6-8-19(9-7-18)16-23-14-5-11-21(25,13-15-23)17-22(3)4/h6-9,24-25H,5,10-17H2,1-4H3. The maximum Gasteiger partial charge on any atom is 0.0786 e. The first-order chi connectivity index (χ1) is 11.7. The van der Waals surface area contributed by atoms with Gasteiger partial charge in [-0.2, -0.15) is 0 Å². The van der Waals surface area contributed by atoms with Gasteiger partial charge in [-0.1, -0.05) is 24.3 Å². The number of benzene rings is 1. The number of aliphatic hydroxyl groups is 2. The number of likely N-dealkylation sites (N-methyl/N-ethyl adjacent to an activating group) is 1. The van der Waals surface area contributed by atoms with Gasteiger partial charge in [-0.15, -0.1) is 0 Å². The SMILES string of the molecule is CN(C)CC1(O)CCCN(Cc2ccc(CCC(C)(C)O)cc2)CC1. The number of rotatable bonds is 7. The van der Waals surface area contributed by atoms with Crippen LogP contribution in [-0.4, -0.2) is 64.9 Å². The van der Waals surface area contributed by atoms with E-state index in [-0.39, 0.29) is 0 Å². The Morgan fingerprint density at radius 2 is 1.72 bits per heavy atom. The smallest absolute Gasteiger partial charge is 0.0786 e. The van der Waals surface area contributed by atoms with Crippen LogP contribution in [0.5, 0.6) is 0 Å². The molecule has 25 heavy (non-hydrogen) atoms. The first-order valence-electron chi connectivity index (χ1n) is 9.55. The minimum atomic E-state index is -0.603. The van der Waals surface area contributed by atoms with Gasteiger partial charge in [0.25, 0.3) is 0 Å². The molecule has 142 valence electrons. The molecule has 0 aliphatic carbocycles. The molecule has 4 heteroatoms. The first-order valence-corrected chi connectivity index (χ1v) is 9.55. The number of likely N-dealkylation sites (tertiary alicyclic amines) is 1. The maximum atomic E-state index is 10.8. The number of nitrogens with zero attached hydrogens (tertiary/aromatic N) is 2. The van der Waals surface area contributed by atoms with Gasteiger partial charge in [0, 0.05) is 19.6 Å². The summed E-state index contributed by atoms with van der Waals surface area (Å²) in [6.45, 7) is 7.41. The van der Waals surface area contributed by atoms with Gasteiger partial charge in [0.1, 0.15) is 0 Å². The topological polar surface area (TPSA) is 46.9 Å².